The van der Waals surface area contributed by atoms with Gasteiger partial charge < -0.3 is 5.32 Å². The quantitative estimate of drug-likeness (QED) is 0.625. The van der Waals surface area contributed by atoms with Crippen LogP contribution in [0.4, 0.5) is 24.5 Å². The first-order valence-electron chi connectivity index (χ1n) is 8.32. The molecule has 0 atom stereocenters. The molecule has 1 amide bonds. The summed E-state index contributed by atoms with van der Waals surface area (Å²) in [5, 5.41) is 2.19. The number of halogens is 3. The van der Waals surface area contributed by atoms with Crippen molar-refractivity contribution in [3.05, 3.63) is 90.0 Å². The molecule has 0 fully saturated rings. The zero-order valence-corrected chi connectivity index (χ0v) is 15.6. The van der Waals surface area contributed by atoms with E-state index in [1.165, 1.54) is 30.3 Å². The molecule has 0 aromatic heterocycles. The number of rotatable bonds is 5. The summed E-state index contributed by atoms with van der Waals surface area (Å²) in [6.07, 6.45) is -4.64. The van der Waals surface area contributed by atoms with Crippen molar-refractivity contribution in [1.82, 2.24) is 0 Å². The summed E-state index contributed by atoms with van der Waals surface area (Å²) in [6.45, 7) is 0. The van der Waals surface area contributed by atoms with E-state index in [0.717, 1.165) is 18.2 Å². The van der Waals surface area contributed by atoms with Crippen molar-refractivity contribution in [3.8, 4) is 0 Å². The van der Waals surface area contributed by atoms with Crippen molar-refractivity contribution >= 4 is 27.3 Å². The average Bonchev–Trinajstić information content (AvgIpc) is 2.68. The Hall–Kier alpha value is -3.33. The molecule has 3 aromatic carbocycles. The van der Waals surface area contributed by atoms with E-state index in [1.807, 2.05) is 0 Å². The number of carbonyl (C=O) groups is 1. The molecule has 29 heavy (non-hydrogen) atoms. The standard InChI is InChI=1S/C20H15F3N2O3S/c21-20(22,23)17-11-4-5-12-18(17)24-19(26)14-7-6-10-16(13-14)29(27,28)25-15-8-2-1-3-9-15/h1-13,25H,(H,24,26). The van der Waals surface area contributed by atoms with Gasteiger partial charge in [0.2, 0.25) is 0 Å². The van der Waals surface area contributed by atoms with Crippen LogP contribution in [-0.2, 0) is 16.2 Å². The summed E-state index contributed by atoms with van der Waals surface area (Å²) in [6, 6.07) is 17.7. The molecule has 9 heteroatoms. The zero-order valence-electron chi connectivity index (χ0n) is 14.8. The molecule has 5 nitrogen and oxygen atoms in total. The van der Waals surface area contributed by atoms with Crippen molar-refractivity contribution in [2.75, 3.05) is 10.0 Å². The van der Waals surface area contributed by atoms with Gasteiger partial charge in [0, 0.05) is 11.3 Å². The van der Waals surface area contributed by atoms with Crippen LogP contribution in [0.2, 0.25) is 0 Å². The number of nitrogens with one attached hydrogen (secondary N) is 2. The predicted octanol–water partition coefficient (Wildman–Crippen LogP) is 4.76. The molecule has 3 aromatic rings. The van der Waals surface area contributed by atoms with E-state index in [9.17, 15) is 26.4 Å². The van der Waals surface area contributed by atoms with Gasteiger partial charge in [0.15, 0.2) is 0 Å². The first-order chi connectivity index (χ1) is 13.7. The number of amides is 1. The molecule has 0 heterocycles. The number of alkyl halides is 3. The van der Waals surface area contributed by atoms with Gasteiger partial charge in [-0.3, -0.25) is 9.52 Å². The van der Waals surface area contributed by atoms with E-state index in [2.05, 4.69) is 10.0 Å². The fourth-order valence-electron chi connectivity index (χ4n) is 2.56. The highest BCUT2D eigenvalue weighted by atomic mass is 32.2. The Morgan fingerprint density at radius 3 is 2.17 bits per heavy atom. The van der Waals surface area contributed by atoms with E-state index in [4.69, 9.17) is 0 Å². The van der Waals surface area contributed by atoms with Gasteiger partial charge in [0.1, 0.15) is 0 Å². The Bertz CT molecular complexity index is 1130. The van der Waals surface area contributed by atoms with Crippen LogP contribution in [0.3, 0.4) is 0 Å². The number of sulfonamides is 1. The van der Waals surface area contributed by atoms with Gasteiger partial charge in [-0.05, 0) is 42.5 Å². The summed E-state index contributed by atoms with van der Waals surface area (Å²) in [7, 11) is -3.98. The monoisotopic (exact) mass is 420 g/mol. The van der Waals surface area contributed by atoms with Crippen LogP contribution in [0.15, 0.2) is 83.8 Å². The Morgan fingerprint density at radius 1 is 0.828 bits per heavy atom. The van der Waals surface area contributed by atoms with Crippen LogP contribution in [0, 0.1) is 0 Å². The van der Waals surface area contributed by atoms with E-state index in [-0.39, 0.29) is 10.5 Å². The van der Waals surface area contributed by atoms with Gasteiger partial charge >= 0.3 is 6.18 Å². The molecule has 2 N–H and O–H groups in total. The minimum absolute atomic E-state index is 0.0992. The van der Waals surface area contributed by atoms with Gasteiger partial charge in [0.25, 0.3) is 15.9 Å². The lowest BCUT2D eigenvalue weighted by Crippen LogP contribution is -2.18. The molecule has 150 valence electrons. The molecule has 0 aliphatic rings. The van der Waals surface area contributed by atoms with Gasteiger partial charge in [0.05, 0.1) is 16.1 Å². The Kier molecular flexibility index (Phi) is 5.60. The van der Waals surface area contributed by atoms with Crippen LogP contribution in [-0.4, -0.2) is 14.3 Å². The summed E-state index contributed by atoms with van der Waals surface area (Å²) >= 11 is 0. The molecular formula is C20H15F3N2O3S. The van der Waals surface area contributed by atoms with Crippen LogP contribution in [0.25, 0.3) is 0 Å². The topological polar surface area (TPSA) is 75.3 Å². The predicted molar refractivity (Wildman–Crippen MR) is 103 cm³/mol. The molecular weight excluding hydrogens is 405 g/mol. The van der Waals surface area contributed by atoms with Crippen molar-refractivity contribution in [2.24, 2.45) is 0 Å². The normalized spacial score (nSPS) is 11.7. The second-order valence-electron chi connectivity index (χ2n) is 6.00. The SMILES string of the molecule is O=C(Nc1ccccc1C(F)(F)F)c1cccc(S(=O)(=O)Nc2ccccc2)c1. The summed E-state index contributed by atoms with van der Waals surface area (Å²) in [4.78, 5) is 12.2. The first kappa shape index (κ1) is 20.4. The molecule has 0 saturated carbocycles. The number of hydrogen-bond acceptors (Lipinski definition) is 3. The molecule has 0 radical (unpaired) electrons. The Balaban J connectivity index is 1.86. The summed E-state index contributed by atoms with van der Waals surface area (Å²) < 4.78 is 66.7. The van der Waals surface area contributed by atoms with Gasteiger partial charge in [-0.25, -0.2) is 8.42 Å². The minimum atomic E-state index is -4.64. The van der Waals surface area contributed by atoms with Gasteiger partial charge in [-0.15, -0.1) is 0 Å². The number of hydrogen-bond donors (Lipinski definition) is 2. The van der Waals surface area contributed by atoms with Crippen molar-refractivity contribution in [3.63, 3.8) is 0 Å². The fraction of sp³-hybridized carbons (Fsp3) is 0.0500. The number of para-hydroxylation sites is 2. The van der Waals surface area contributed by atoms with Crippen molar-refractivity contribution < 1.29 is 26.4 Å². The fourth-order valence-corrected chi connectivity index (χ4v) is 3.66. The highest BCUT2D eigenvalue weighted by Gasteiger charge is 2.33. The molecule has 0 spiro atoms. The van der Waals surface area contributed by atoms with E-state index in [0.29, 0.717) is 5.69 Å². The maximum atomic E-state index is 13.1. The lowest BCUT2D eigenvalue weighted by molar-refractivity contribution is -0.136. The summed E-state index contributed by atoms with van der Waals surface area (Å²) in [5.41, 5.74) is -1.18. The second kappa shape index (κ2) is 7.96. The number of carbonyl (C=O) groups excluding carboxylic acids is 1. The average molecular weight is 420 g/mol. The lowest BCUT2D eigenvalue weighted by Gasteiger charge is -2.14. The van der Waals surface area contributed by atoms with Crippen molar-refractivity contribution in [2.45, 2.75) is 11.1 Å². The van der Waals surface area contributed by atoms with E-state index in [1.54, 1.807) is 30.3 Å². The second-order valence-corrected chi connectivity index (χ2v) is 7.68. The minimum Gasteiger partial charge on any atom is -0.321 e. The molecule has 0 bridgehead atoms. The third-order valence-corrected chi connectivity index (χ3v) is 5.29. The first-order valence-corrected chi connectivity index (χ1v) is 9.81. The Labute approximate surface area is 165 Å². The summed E-state index contributed by atoms with van der Waals surface area (Å²) in [5.74, 6) is -0.863. The molecule has 0 aliphatic carbocycles. The molecule has 0 unspecified atom stereocenters. The van der Waals surface area contributed by atoms with Crippen LogP contribution in [0.1, 0.15) is 15.9 Å². The maximum absolute atomic E-state index is 13.1. The van der Waals surface area contributed by atoms with Crippen molar-refractivity contribution in [1.29, 1.82) is 0 Å². The maximum Gasteiger partial charge on any atom is 0.418 e. The van der Waals surface area contributed by atoms with Crippen LogP contribution >= 0.6 is 0 Å². The van der Waals surface area contributed by atoms with Gasteiger partial charge in [-0.1, -0.05) is 36.4 Å². The number of benzene rings is 3. The Morgan fingerprint density at radius 2 is 1.48 bits per heavy atom. The number of anilines is 2. The van der Waals surface area contributed by atoms with Crippen LogP contribution in [0.5, 0.6) is 0 Å². The third-order valence-electron chi connectivity index (χ3n) is 3.91. The molecule has 3 rings (SSSR count). The zero-order chi connectivity index (χ0) is 21.1. The van der Waals surface area contributed by atoms with Crippen LogP contribution < -0.4 is 10.0 Å². The largest absolute Gasteiger partial charge is 0.418 e. The highest BCUT2D eigenvalue weighted by molar-refractivity contribution is 7.92. The highest BCUT2D eigenvalue weighted by Crippen LogP contribution is 2.34. The van der Waals surface area contributed by atoms with E-state index < -0.39 is 33.4 Å². The molecule has 0 saturated heterocycles. The third kappa shape index (κ3) is 4.94. The smallest absolute Gasteiger partial charge is 0.321 e. The molecule has 0 aliphatic heterocycles. The van der Waals surface area contributed by atoms with E-state index >= 15 is 0 Å². The van der Waals surface area contributed by atoms with Gasteiger partial charge in [-0.2, -0.15) is 13.2 Å². The lowest BCUT2D eigenvalue weighted by atomic mass is 10.1.